The van der Waals surface area contributed by atoms with Crippen LogP contribution in [0.2, 0.25) is 0 Å². The third-order valence-electron chi connectivity index (χ3n) is 4.70. The lowest BCUT2D eigenvalue weighted by atomic mass is 9.95. The van der Waals surface area contributed by atoms with Gasteiger partial charge in [-0.25, -0.2) is 0 Å². The number of hydrogen-bond acceptors (Lipinski definition) is 2. The highest BCUT2D eigenvalue weighted by Crippen LogP contribution is 2.47. The number of furan rings is 1. The Balaban J connectivity index is 2.03. The molecule has 0 spiro atoms. The van der Waals surface area contributed by atoms with Gasteiger partial charge in [0.25, 0.3) is 0 Å². The third kappa shape index (κ3) is 2.87. The zero-order valence-electron chi connectivity index (χ0n) is 13.5. The van der Waals surface area contributed by atoms with Gasteiger partial charge in [0.05, 0.1) is 6.54 Å². The molecule has 21 heavy (non-hydrogen) atoms. The second-order valence-corrected chi connectivity index (χ2v) is 6.42. The Morgan fingerprint density at radius 1 is 1.29 bits per heavy atom. The molecule has 0 aliphatic heterocycles. The summed E-state index contributed by atoms with van der Waals surface area (Å²) < 4.78 is 6.34. The van der Waals surface area contributed by atoms with Crippen molar-refractivity contribution in [1.82, 2.24) is 5.32 Å². The lowest BCUT2D eigenvalue weighted by molar-refractivity contribution is 0.503. The number of rotatable bonds is 7. The van der Waals surface area contributed by atoms with E-state index < -0.39 is 0 Å². The summed E-state index contributed by atoms with van der Waals surface area (Å²) in [5.41, 5.74) is 4.00. The summed E-state index contributed by atoms with van der Waals surface area (Å²) in [7, 11) is 0. The number of benzene rings is 1. The minimum atomic E-state index is 0.559. The van der Waals surface area contributed by atoms with Gasteiger partial charge in [-0.1, -0.05) is 39.0 Å². The second-order valence-electron chi connectivity index (χ2n) is 6.42. The van der Waals surface area contributed by atoms with Crippen molar-refractivity contribution >= 4 is 11.0 Å². The van der Waals surface area contributed by atoms with E-state index in [1.54, 1.807) is 0 Å². The summed E-state index contributed by atoms with van der Waals surface area (Å²) in [6, 6.07) is 6.69. The quantitative estimate of drug-likeness (QED) is 0.696. The monoisotopic (exact) mass is 285 g/mol. The molecule has 2 heteroatoms. The highest BCUT2D eigenvalue weighted by Gasteiger charge is 2.31. The van der Waals surface area contributed by atoms with Crippen molar-refractivity contribution < 1.29 is 4.42 Å². The molecule has 2 aromatic rings. The third-order valence-corrected chi connectivity index (χ3v) is 4.70. The van der Waals surface area contributed by atoms with Crippen LogP contribution in [0.3, 0.4) is 0 Å². The fourth-order valence-electron chi connectivity index (χ4n) is 3.15. The molecule has 1 unspecified atom stereocenters. The van der Waals surface area contributed by atoms with Crippen LogP contribution in [0, 0.1) is 0 Å². The Labute approximate surface area is 127 Å². The molecule has 1 heterocycles. The van der Waals surface area contributed by atoms with E-state index in [0.29, 0.717) is 5.92 Å². The van der Waals surface area contributed by atoms with Crippen molar-refractivity contribution in [2.24, 2.45) is 0 Å². The highest BCUT2D eigenvalue weighted by molar-refractivity contribution is 5.86. The van der Waals surface area contributed by atoms with E-state index in [2.05, 4.69) is 44.3 Å². The first-order valence-electron chi connectivity index (χ1n) is 8.51. The number of para-hydroxylation sites is 1. The van der Waals surface area contributed by atoms with Gasteiger partial charge in [0.2, 0.25) is 0 Å². The Morgan fingerprint density at radius 2 is 2.10 bits per heavy atom. The molecule has 0 bridgehead atoms. The van der Waals surface area contributed by atoms with Crippen LogP contribution < -0.4 is 5.32 Å². The smallest absolute Gasteiger partial charge is 0.138 e. The molecule has 1 aromatic carbocycles. The average Bonchev–Trinajstić information content (AvgIpc) is 3.27. The van der Waals surface area contributed by atoms with Crippen molar-refractivity contribution in [2.45, 2.75) is 64.8 Å². The molecule has 1 aliphatic carbocycles. The molecular weight excluding hydrogens is 258 g/mol. The molecule has 0 amide bonds. The maximum atomic E-state index is 6.34. The number of fused-ring (bicyclic) bond motifs is 1. The predicted molar refractivity (Wildman–Crippen MR) is 88.9 cm³/mol. The van der Waals surface area contributed by atoms with Gasteiger partial charge in [-0.3, -0.25) is 0 Å². The topological polar surface area (TPSA) is 25.2 Å². The molecule has 1 fully saturated rings. The van der Waals surface area contributed by atoms with Crippen molar-refractivity contribution in [3.8, 4) is 0 Å². The molecule has 114 valence electrons. The van der Waals surface area contributed by atoms with Crippen LogP contribution in [0.15, 0.2) is 22.6 Å². The average molecular weight is 285 g/mol. The number of hydrogen-bond donors (Lipinski definition) is 1. The van der Waals surface area contributed by atoms with Crippen molar-refractivity contribution in [3.05, 3.63) is 35.1 Å². The van der Waals surface area contributed by atoms with Gasteiger partial charge in [-0.2, -0.15) is 0 Å². The van der Waals surface area contributed by atoms with Crippen LogP contribution in [-0.2, 0) is 6.54 Å². The largest absolute Gasteiger partial charge is 0.459 e. The van der Waals surface area contributed by atoms with Gasteiger partial charge in [0.1, 0.15) is 11.3 Å². The Morgan fingerprint density at radius 3 is 2.76 bits per heavy atom. The molecule has 1 aliphatic rings. The summed E-state index contributed by atoms with van der Waals surface area (Å²) in [5.74, 6) is 2.47. The van der Waals surface area contributed by atoms with Gasteiger partial charge in [0, 0.05) is 10.9 Å². The van der Waals surface area contributed by atoms with Crippen molar-refractivity contribution in [1.29, 1.82) is 0 Å². The molecule has 1 N–H and O–H groups in total. The molecule has 2 nitrogen and oxygen atoms in total. The molecule has 3 rings (SSSR count). The SMILES string of the molecule is CCCNCc1oc2c(C(C)CC)cccc2c1C1CC1. The van der Waals surface area contributed by atoms with Gasteiger partial charge in [-0.05, 0) is 49.6 Å². The standard InChI is InChI=1S/C19H27NO/c1-4-11-20-12-17-18(14-9-10-14)16-8-6-7-15(13(3)5-2)19(16)21-17/h6-8,13-14,20H,4-5,9-12H2,1-3H3. The summed E-state index contributed by atoms with van der Waals surface area (Å²) in [4.78, 5) is 0. The summed E-state index contributed by atoms with van der Waals surface area (Å²) in [6.07, 6.45) is 4.96. The summed E-state index contributed by atoms with van der Waals surface area (Å²) in [5, 5.41) is 4.87. The second kappa shape index (κ2) is 6.23. The minimum absolute atomic E-state index is 0.559. The van der Waals surface area contributed by atoms with Crippen molar-refractivity contribution in [2.75, 3.05) is 6.54 Å². The molecule has 1 atom stereocenters. The first-order valence-corrected chi connectivity index (χ1v) is 8.51. The van der Waals surface area contributed by atoms with Crippen LogP contribution in [0.25, 0.3) is 11.0 Å². The predicted octanol–water partition coefficient (Wildman–Crippen LogP) is 5.32. The van der Waals surface area contributed by atoms with Gasteiger partial charge >= 0.3 is 0 Å². The van der Waals surface area contributed by atoms with E-state index >= 15 is 0 Å². The van der Waals surface area contributed by atoms with E-state index in [1.165, 1.54) is 35.1 Å². The van der Waals surface area contributed by atoms with Crippen molar-refractivity contribution in [3.63, 3.8) is 0 Å². The molecular formula is C19H27NO. The van der Waals surface area contributed by atoms with Gasteiger partial charge in [-0.15, -0.1) is 0 Å². The molecule has 0 radical (unpaired) electrons. The van der Waals surface area contributed by atoms with Crippen LogP contribution in [0.4, 0.5) is 0 Å². The first-order chi connectivity index (χ1) is 10.3. The maximum absolute atomic E-state index is 6.34. The molecule has 1 saturated carbocycles. The molecule has 1 aromatic heterocycles. The summed E-state index contributed by atoms with van der Waals surface area (Å²) in [6.45, 7) is 8.67. The lowest BCUT2D eigenvalue weighted by Crippen LogP contribution is -2.14. The fourth-order valence-corrected chi connectivity index (χ4v) is 3.15. The maximum Gasteiger partial charge on any atom is 0.138 e. The zero-order valence-corrected chi connectivity index (χ0v) is 13.5. The highest BCUT2D eigenvalue weighted by atomic mass is 16.3. The van der Waals surface area contributed by atoms with E-state index in [-0.39, 0.29) is 0 Å². The van der Waals surface area contributed by atoms with E-state index in [9.17, 15) is 0 Å². The van der Waals surface area contributed by atoms with Gasteiger partial charge < -0.3 is 9.73 Å². The van der Waals surface area contributed by atoms with Crippen LogP contribution in [0.5, 0.6) is 0 Å². The van der Waals surface area contributed by atoms with E-state index in [0.717, 1.165) is 37.4 Å². The molecule has 0 saturated heterocycles. The van der Waals surface area contributed by atoms with E-state index in [4.69, 9.17) is 4.42 Å². The first kappa shape index (κ1) is 14.6. The Bertz CT molecular complexity index is 609. The Kier molecular flexibility index (Phi) is 4.34. The summed E-state index contributed by atoms with van der Waals surface area (Å²) >= 11 is 0. The Hall–Kier alpha value is -1.28. The lowest BCUT2D eigenvalue weighted by Gasteiger charge is -2.09. The zero-order chi connectivity index (χ0) is 14.8. The van der Waals surface area contributed by atoms with Gasteiger partial charge in [0.15, 0.2) is 0 Å². The fraction of sp³-hybridized carbons (Fsp3) is 0.579. The van der Waals surface area contributed by atoms with Crippen LogP contribution in [-0.4, -0.2) is 6.54 Å². The van der Waals surface area contributed by atoms with Crippen LogP contribution in [0.1, 0.15) is 75.2 Å². The minimum Gasteiger partial charge on any atom is -0.459 e. The van der Waals surface area contributed by atoms with Crippen LogP contribution >= 0.6 is 0 Å². The number of nitrogens with one attached hydrogen (secondary N) is 1. The van der Waals surface area contributed by atoms with E-state index in [1.807, 2.05) is 0 Å². The normalized spacial score (nSPS) is 16.5.